The van der Waals surface area contributed by atoms with E-state index >= 15 is 0 Å². The molecular weight excluding hydrogens is 591 g/mol. The van der Waals surface area contributed by atoms with Crippen LogP contribution in [0.15, 0.2) is 164 Å². The van der Waals surface area contributed by atoms with E-state index in [1.807, 2.05) is 11.3 Å². The molecule has 0 aliphatic carbocycles. The van der Waals surface area contributed by atoms with Crippen LogP contribution in [0.5, 0.6) is 11.5 Å². The minimum Gasteiger partial charge on any atom is -0.458 e. The number of nitrogens with zero attached hydrogens (tertiary/aromatic N) is 2. The van der Waals surface area contributed by atoms with Crippen LogP contribution in [-0.2, 0) is 0 Å². The van der Waals surface area contributed by atoms with E-state index in [0.717, 1.165) is 39.9 Å². The van der Waals surface area contributed by atoms with Crippen molar-refractivity contribution in [2.24, 2.45) is 0 Å². The van der Waals surface area contributed by atoms with Crippen LogP contribution in [0.2, 0.25) is 0 Å². The van der Waals surface area contributed by atoms with Gasteiger partial charge < -0.3 is 14.5 Å². The van der Waals surface area contributed by atoms with Gasteiger partial charge in [0.1, 0.15) is 11.5 Å². The van der Waals surface area contributed by atoms with E-state index < -0.39 is 0 Å². The Kier molecular flexibility index (Phi) is 5.84. The first kappa shape index (κ1) is 26.4. The van der Waals surface area contributed by atoms with Crippen LogP contribution in [0.25, 0.3) is 20.2 Å². The second kappa shape index (κ2) is 10.4. The summed E-state index contributed by atoms with van der Waals surface area (Å²) in [5.41, 5.74) is 10.6. The summed E-state index contributed by atoms with van der Waals surface area (Å²) in [5, 5.41) is 2.59. The molecule has 2 aliphatic rings. The van der Waals surface area contributed by atoms with E-state index in [1.54, 1.807) is 0 Å². The third-order valence-electron chi connectivity index (χ3n) is 9.51. The lowest BCUT2D eigenvalue weighted by Gasteiger charge is -2.40. The minimum absolute atomic E-state index is 0.0419. The summed E-state index contributed by atoms with van der Waals surface area (Å²) < 4.78 is 9.01. The van der Waals surface area contributed by atoms with E-state index in [4.69, 9.17) is 4.74 Å². The standard InChI is InChI=1S/C42H27BN2OS/c1-2-14-28(15-3-1)44-32-19-6-8-21-34(32)45(35-22-9-7-20-33(35)44)36-23-13-27-40-42(36)41-31(18-12-26-39(41)47-40)43-29-16-4-10-24-37(29)46-38-25-11-5-17-30(38)43/h1-27H. The summed E-state index contributed by atoms with van der Waals surface area (Å²) in [6.07, 6.45) is 0. The molecule has 0 amide bonds. The quantitative estimate of drug-likeness (QED) is 0.183. The Morgan fingerprint density at radius 3 is 1.49 bits per heavy atom. The lowest BCUT2D eigenvalue weighted by molar-refractivity contribution is 0.487. The Hall–Kier alpha value is -5.78. The average Bonchev–Trinajstić information content (AvgIpc) is 3.53. The van der Waals surface area contributed by atoms with Gasteiger partial charge in [0.2, 0.25) is 0 Å². The highest BCUT2D eigenvalue weighted by atomic mass is 32.1. The molecule has 8 aromatic rings. The third kappa shape index (κ3) is 3.93. The van der Waals surface area contributed by atoms with Gasteiger partial charge in [-0.2, -0.15) is 0 Å². The second-order valence-electron chi connectivity index (χ2n) is 12.1. The zero-order valence-electron chi connectivity index (χ0n) is 25.4. The summed E-state index contributed by atoms with van der Waals surface area (Å²) in [6, 6.07) is 58.8. The average molecular weight is 619 g/mol. The van der Waals surface area contributed by atoms with E-state index in [9.17, 15) is 0 Å². The Labute approximate surface area is 277 Å². The lowest BCUT2D eigenvalue weighted by atomic mass is 9.35. The number of rotatable bonds is 3. The Morgan fingerprint density at radius 2 is 0.851 bits per heavy atom. The van der Waals surface area contributed by atoms with Crippen LogP contribution in [-0.4, -0.2) is 6.71 Å². The largest absolute Gasteiger partial charge is 0.458 e. The van der Waals surface area contributed by atoms with E-state index in [0.29, 0.717) is 0 Å². The molecule has 0 bridgehead atoms. The molecule has 47 heavy (non-hydrogen) atoms. The molecule has 0 saturated carbocycles. The maximum Gasteiger partial charge on any atom is 0.251 e. The third-order valence-corrected chi connectivity index (χ3v) is 10.6. The fourth-order valence-corrected chi connectivity index (χ4v) is 8.77. The van der Waals surface area contributed by atoms with Crippen molar-refractivity contribution in [1.82, 2.24) is 0 Å². The molecule has 0 fully saturated rings. The van der Waals surface area contributed by atoms with Crippen molar-refractivity contribution in [2.45, 2.75) is 0 Å². The summed E-state index contributed by atoms with van der Waals surface area (Å²) >= 11 is 1.87. The van der Waals surface area contributed by atoms with Gasteiger partial charge in [0.15, 0.2) is 0 Å². The highest BCUT2D eigenvalue weighted by Crippen LogP contribution is 2.55. The molecule has 0 atom stereocenters. The molecule has 0 spiro atoms. The molecule has 2 aliphatic heterocycles. The van der Waals surface area contributed by atoms with Crippen LogP contribution in [0.4, 0.5) is 34.1 Å². The smallest absolute Gasteiger partial charge is 0.251 e. The van der Waals surface area contributed by atoms with Gasteiger partial charge in [-0.15, -0.1) is 11.3 Å². The summed E-state index contributed by atoms with van der Waals surface area (Å²) in [4.78, 5) is 4.86. The molecule has 7 aromatic carbocycles. The first-order valence-corrected chi connectivity index (χ1v) is 16.8. The predicted octanol–water partition coefficient (Wildman–Crippen LogP) is 9.93. The van der Waals surface area contributed by atoms with Crippen molar-refractivity contribution >= 4 is 88.7 Å². The van der Waals surface area contributed by atoms with Gasteiger partial charge in [-0.3, -0.25) is 0 Å². The van der Waals surface area contributed by atoms with E-state index in [-0.39, 0.29) is 6.71 Å². The first-order valence-electron chi connectivity index (χ1n) is 16.0. The molecule has 220 valence electrons. The second-order valence-corrected chi connectivity index (χ2v) is 13.2. The monoisotopic (exact) mass is 618 g/mol. The van der Waals surface area contributed by atoms with Crippen molar-refractivity contribution in [1.29, 1.82) is 0 Å². The fraction of sp³-hybridized carbons (Fsp3) is 0. The van der Waals surface area contributed by atoms with Gasteiger partial charge in [-0.25, -0.2) is 0 Å². The van der Waals surface area contributed by atoms with Crippen molar-refractivity contribution in [3.63, 3.8) is 0 Å². The number of thiophene rings is 1. The predicted molar refractivity (Wildman–Crippen MR) is 200 cm³/mol. The molecular formula is C42H27BN2OS. The van der Waals surface area contributed by atoms with Crippen LogP contribution >= 0.6 is 11.3 Å². The maximum absolute atomic E-state index is 6.44. The molecule has 1 aromatic heterocycles. The summed E-state index contributed by atoms with van der Waals surface area (Å²) in [7, 11) is 0. The number of hydrogen-bond donors (Lipinski definition) is 0. The molecule has 5 heteroatoms. The van der Waals surface area contributed by atoms with Gasteiger partial charge in [0.05, 0.1) is 28.4 Å². The van der Waals surface area contributed by atoms with Gasteiger partial charge in [-0.05, 0) is 83.0 Å². The van der Waals surface area contributed by atoms with Crippen LogP contribution in [0, 0.1) is 0 Å². The van der Waals surface area contributed by atoms with Gasteiger partial charge in [0, 0.05) is 20.5 Å². The molecule has 10 rings (SSSR count). The van der Waals surface area contributed by atoms with Crippen LogP contribution in [0.3, 0.4) is 0 Å². The van der Waals surface area contributed by atoms with Crippen LogP contribution < -0.4 is 30.9 Å². The topological polar surface area (TPSA) is 15.7 Å². The van der Waals surface area contributed by atoms with Crippen molar-refractivity contribution < 1.29 is 4.74 Å². The maximum atomic E-state index is 6.44. The lowest BCUT2D eigenvalue weighted by Crippen LogP contribution is -2.55. The number of benzene rings is 7. The zero-order valence-corrected chi connectivity index (χ0v) is 26.2. The summed E-state index contributed by atoms with van der Waals surface area (Å²) in [5.74, 6) is 1.85. The zero-order chi connectivity index (χ0) is 30.9. The number of hydrogen-bond acceptors (Lipinski definition) is 4. The number of fused-ring (bicyclic) bond motifs is 7. The SMILES string of the molecule is c1ccc(N2c3ccccc3N(c3cccc4sc5cccc(B6c7ccccc7Oc7ccccc76)c5c34)c3ccccc32)cc1. The number of para-hydroxylation sites is 7. The summed E-state index contributed by atoms with van der Waals surface area (Å²) in [6.45, 7) is 0.0419. The molecule has 0 unspecified atom stereocenters. The number of anilines is 6. The van der Waals surface area contributed by atoms with Crippen LogP contribution in [0.1, 0.15) is 0 Å². The molecule has 3 heterocycles. The molecule has 0 N–H and O–H groups in total. The van der Waals surface area contributed by atoms with Crippen molar-refractivity contribution in [2.75, 3.05) is 9.80 Å². The molecule has 0 saturated heterocycles. The van der Waals surface area contributed by atoms with Gasteiger partial charge in [0.25, 0.3) is 6.71 Å². The molecule has 0 radical (unpaired) electrons. The first-order chi connectivity index (χ1) is 23.3. The minimum atomic E-state index is 0.0419. The van der Waals surface area contributed by atoms with E-state index in [2.05, 4.69) is 174 Å². The Bertz CT molecular complexity index is 2400. The number of ether oxygens (including phenoxy) is 1. The Balaban J connectivity index is 1.27. The highest BCUT2D eigenvalue weighted by Gasteiger charge is 2.35. The fourth-order valence-electron chi connectivity index (χ4n) is 7.61. The van der Waals surface area contributed by atoms with Crippen molar-refractivity contribution in [3.05, 3.63) is 164 Å². The highest BCUT2D eigenvalue weighted by molar-refractivity contribution is 7.26. The van der Waals surface area contributed by atoms with Crippen molar-refractivity contribution in [3.8, 4) is 11.5 Å². The van der Waals surface area contributed by atoms with E-state index in [1.165, 1.54) is 42.2 Å². The van der Waals surface area contributed by atoms with Gasteiger partial charge >= 0.3 is 0 Å². The normalized spacial score (nSPS) is 13.1. The van der Waals surface area contributed by atoms with Gasteiger partial charge in [-0.1, -0.05) is 103 Å². The Morgan fingerprint density at radius 1 is 0.383 bits per heavy atom. The molecule has 3 nitrogen and oxygen atoms in total.